The lowest BCUT2D eigenvalue weighted by atomic mass is 9.66. The van der Waals surface area contributed by atoms with E-state index in [2.05, 4.69) is 5.32 Å². The second-order valence-electron chi connectivity index (χ2n) is 10.5. The van der Waals surface area contributed by atoms with Crippen molar-refractivity contribution in [3.63, 3.8) is 0 Å². The van der Waals surface area contributed by atoms with Crippen molar-refractivity contribution in [2.24, 2.45) is 5.92 Å². The number of imide groups is 1. The number of nitrogens with zero attached hydrogens (tertiary/aromatic N) is 1. The third kappa shape index (κ3) is 3.91. The van der Waals surface area contributed by atoms with Gasteiger partial charge < -0.3 is 5.32 Å². The lowest BCUT2D eigenvalue weighted by Gasteiger charge is -2.33. The Morgan fingerprint density at radius 2 is 1.67 bits per heavy atom. The number of anilines is 2. The van der Waals surface area contributed by atoms with Crippen molar-refractivity contribution in [2.75, 3.05) is 10.2 Å². The highest BCUT2D eigenvalue weighted by Crippen LogP contribution is 2.51. The van der Waals surface area contributed by atoms with Gasteiger partial charge in [0.1, 0.15) is 0 Å². The predicted octanol–water partition coefficient (Wildman–Crippen LogP) is 6.30. The average molecular weight is 521 g/mol. The van der Waals surface area contributed by atoms with Gasteiger partial charge in [0.15, 0.2) is 0 Å². The van der Waals surface area contributed by atoms with E-state index < -0.39 is 11.3 Å². The number of halogens is 2. The maximum atomic E-state index is 14.1. The van der Waals surface area contributed by atoms with Gasteiger partial charge in [-0.25, -0.2) is 4.90 Å². The van der Waals surface area contributed by atoms with Gasteiger partial charge in [0, 0.05) is 22.2 Å². The molecule has 0 radical (unpaired) electrons. The first-order valence-corrected chi connectivity index (χ1v) is 12.6. The molecule has 2 aliphatic heterocycles. The Morgan fingerprint density at radius 3 is 2.39 bits per heavy atom. The van der Waals surface area contributed by atoms with Gasteiger partial charge in [0.05, 0.1) is 17.0 Å². The van der Waals surface area contributed by atoms with Gasteiger partial charge in [0.25, 0.3) is 0 Å². The van der Waals surface area contributed by atoms with Gasteiger partial charge in [-0.3, -0.25) is 14.4 Å². The van der Waals surface area contributed by atoms with Crippen LogP contribution in [-0.2, 0) is 31.6 Å². The van der Waals surface area contributed by atoms with Gasteiger partial charge in [-0.05, 0) is 58.9 Å². The van der Waals surface area contributed by atoms with E-state index >= 15 is 0 Å². The molecule has 1 fully saturated rings. The molecule has 1 N–H and O–H groups in total. The summed E-state index contributed by atoms with van der Waals surface area (Å²) in [6.07, 6.45) is 0.139. The number of hydrogen-bond acceptors (Lipinski definition) is 3. The smallest absolute Gasteiger partial charge is 0.238 e. The Labute approximate surface area is 220 Å². The monoisotopic (exact) mass is 520 g/mol. The highest BCUT2D eigenvalue weighted by atomic mass is 35.5. The molecule has 3 amide bonds. The number of carbonyl (C=O) groups excluding carboxylic acids is 3. The molecular weight excluding hydrogens is 495 g/mol. The summed E-state index contributed by atoms with van der Waals surface area (Å²) in [5.74, 6) is -1.91. The third-order valence-electron chi connectivity index (χ3n) is 7.18. The predicted molar refractivity (Wildman–Crippen MR) is 143 cm³/mol. The molecule has 3 aromatic rings. The molecular formula is C29H26Cl2N2O3. The van der Waals surface area contributed by atoms with E-state index in [0.717, 1.165) is 11.1 Å². The van der Waals surface area contributed by atoms with Crippen LogP contribution >= 0.6 is 23.2 Å². The molecule has 0 spiro atoms. The quantitative estimate of drug-likeness (QED) is 0.410. The van der Waals surface area contributed by atoms with Crippen LogP contribution in [0.15, 0.2) is 66.7 Å². The molecule has 36 heavy (non-hydrogen) atoms. The topological polar surface area (TPSA) is 66.5 Å². The first-order chi connectivity index (χ1) is 17.0. The normalized spacial score (nSPS) is 21.6. The van der Waals surface area contributed by atoms with Crippen molar-refractivity contribution in [1.29, 1.82) is 0 Å². The number of carbonyl (C=O) groups is 3. The summed E-state index contributed by atoms with van der Waals surface area (Å²) in [7, 11) is 0. The van der Waals surface area contributed by atoms with Gasteiger partial charge in [-0.15, -0.1) is 0 Å². The minimum absolute atomic E-state index is 0.0760. The average Bonchev–Trinajstić information content (AvgIpc) is 3.25. The number of hydrogen-bond donors (Lipinski definition) is 1. The van der Waals surface area contributed by atoms with Crippen LogP contribution in [0.2, 0.25) is 10.0 Å². The summed E-state index contributed by atoms with van der Waals surface area (Å²) in [5.41, 5.74) is 1.89. The molecule has 0 aliphatic carbocycles. The highest BCUT2D eigenvalue weighted by molar-refractivity contribution is 6.31. The van der Waals surface area contributed by atoms with Crippen molar-refractivity contribution in [3.05, 3.63) is 93.5 Å². The first-order valence-electron chi connectivity index (χ1n) is 11.8. The van der Waals surface area contributed by atoms with Crippen molar-refractivity contribution >= 4 is 52.3 Å². The Hall–Kier alpha value is -3.15. The number of nitrogens with one attached hydrogen (secondary N) is 1. The Balaban J connectivity index is 1.66. The van der Waals surface area contributed by atoms with Crippen LogP contribution in [0, 0.1) is 5.92 Å². The van der Waals surface area contributed by atoms with Crippen LogP contribution < -0.4 is 10.2 Å². The van der Waals surface area contributed by atoms with Gasteiger partial charge in [-0.2, -0.15) is 0 Å². The lowest BCUT2D eigenvalue weighted by Crippen LogP contribution is -2.47. The van der Waals surface area contributed by atoms with Crippen LogP contribution in [0.4, 0.5) is 11.4 Å². The number of amides is 3. The molecule has 2 heterocycles. The summed E-state index contributed by atoms with van der Waals surface area (Å²) >= 11 is 12.5. The maximum Gasteiger partial charge on any atom is 0.238 e. The second kappa shape index (κ2) is 8.75. The highest BCUT2D eigenvalue weighted by Gasteiger charge is 2.59. The molecule has 0 bridgehead atoms. The zero-order valence-electron chi connectivity index (χ0n) is 20.3. The summed E-state index contributed by atoms with van der Waals surface area (Å²) in [6.45, 7) is 6.12. The van der Waals surface area contributed by atoms with Gasteiger partial charge >= 0.3 is 0 Å². The fourth-order valence-corrected chi connectivity index (χ4v) is 5.94. The number of para-hydroxylation sites is 1. The van der Waals surface area contributed by atoms with Crippen molar-refractivity contribution in [1.82, 2.24) is 0 Å². The largest absolute Gasteiger partial charge is 0.325 e. The molecule has 5 nitrogen and oxygen atoms in total. The third-order valence-corrected chi connectivity index (χ3v) is 7.65. The minimum Gasteiger partial charge on any atom is -0.325 e. The van der Waals surface area contributed by atoms with E-state index in [1.54, 1.807) is 36.4 Å². The lowest BCUT2D eigenvalue weighted by molar-refractivity contribution is -0.130. The zero-order chi connectivity index (χ0) is 25.8. The SMILES string of the molecule is CC(C)(C)c1ccccc1N1C(=O)C[C@H]([C@@]2(Cc3cccc(Cl)c3)C(=O)Nc3cc(Cl)ccc32)C1=O. The maximum absolute atomic E-state index is 14.1. The van der Waals surface area contributed by atoms with E-state index in [-0.39, 0.29) is 36.0 Å². The molecule has 0 saturated carbocycles. The Bertz CT molecular complexity index is 1410. The van der Waals surface area contributed by atoms with Crippen LogP contribution in [0.25, 0.3) is 0 Å². The molecule has 0 unspecified atom stereocenters. The van der Waals surface area contributed by atoms with Crippen molar-refractivity contribution < 1.29 is 14.4 Å². The molecule has 1 saturated heterocycles. The molecule has 184 valence electrons. The Kier molecular flexibility index (Phi) is 5.97. The molecule has 5 rings (SSSR count). The second-order valence-corrected chi connectivity index (χ2v) is 11.4. The van der Waals surface area contributed by atoms with E-state index in [1.165, 1.54) is 4.90 Å². The van der Waals surface area contributed by atoms with Gasteiger partial charge in [0.2, 0.25) is 17.7 Å². The van der Waals surface area contributed by atoms with Crippen LogP contribution in [-0.4, -0.2) is 17.7 Å². The zero-order valence-corrected chi connectivity index (χ0v) is 21.8. The number of benzene rings is 3. The van der Waals surface area contributed by atoms with E-state index in [0.29, 0.717) is 27.0 Å². The van der Waals surface area contributed by atoms with Crippen LogP contribution in [0.1, 0.15) is 43.9 Å². The fourth-order valence-electron chi connectivity index (χ4n) is 5.55. The minimum atomic E-state index is -1.29. The first kappa shape index (κ1) is 24.5. The summed E-state index contributed by atoms with van der Waals surface area (Å²) in [4.78, 5) is 42.7. The van der Waals surface area contributed by atoms with Crippen LogP contribution in [0.3, 0.4) is 0 Å². The fraction of sp³-hybridized carbons (Fsp3) is 0.276. The summed E-state index contributed by atoms with van der Waals surface area (Å²) in [6, 6.07) is 19.9. The molecule has 2 aliphatic rings. The number of rotatable bonds is 4. The summed E-state index contributed by atoms with van der Waals surface area (Å²) < 4.78 is 0. The van der Waals surface area contributed by atoms with Crippen molar-refractivity contribution in [3.8, 4) is 0 Å². The Morgan fingerprint density at radius 1 is 0.944 bits per heavy atom. The van der Waals surface area contributed by atoms with E-state index in [1.807, 2.05) is 51.1 Å². The summed E-state index contributed by atoms with van der Waals surface area (Å²) in [5, 5.41) is 3.94. The molecule has 3 aromatic carbocycles. The standard InChI is InChI=1S/C29H26Cl2N2O3/c1-28(2,3)21-9-4-5-10-24(21)33-25(34)15-22(26(33)35)29(16-17-7-6-8-18(30)13-17)20-12-11-19(31)14-23(20)32-27(29)36/h4-14,22H,15-16H2,1-3H3,(H,32,36)/t22-,29-/m0/s1. The van der Waals surface area contributed by atoms with E-state index in [4.69, 9.17) is 23.2 Å². The number of fused-ring (bicyclic) bond motifs is 1. The van der Waals surface area contributed by atoms with Crippen LogP contribution in [0.5, 0.6) is 0 Å². The molecule has 7 heteroatoms. The van der Waals surface area contributed by atoms with E-state index in [9.17, 15) is 14.4 Å². The molecule has 2 atom stereocenters. The molecule has 0 aromatic heterocycles. The van der Waals surface area contributed by atoms with Crippen molar-refractivity contribution in [2.45, 2.75) is 44.4 Å². The van der Waals surface area contributed by atoms with Gasteiger partial charge in [-0.1, -0.05) is 80.4 Å².